The maximum atomic E-state index is 15.1. The Morgan fingerprint density at radius 1 is 1.24 bits per heavy atom. The highest BCUT2D eigenvalue weighted by Gasteiger charge is 2.55. The summed E-state index contributed by atoms with van der Waals surface area (Å²) in [6.45, 7) is 9.86. The molecule has 2 fully saturated rings. The molecule has 0 aliphatic heterocycles. The average molecular weight is 507 g/mol. The number of carbonyl (C=O) groups is 2. The lowest BCUT2D eigenvalue weighted by Crippen LogP contribution is -2.51. The largest absolute Gasteiger partial charge is 0.364 e. The molecular formula is C28H35FN6O2. The molecule has 2 amide bonds. The molecule has 9 heteroatoms. The van der Waals surface area contributed by atoms with Gasteiger partial charge in [-0.25, -0.2) is 4.39 Å². The van der Waals surface area contributed by atoms with Gasteiger partial charge in [0.25, 0.3) is 5.91 Å². The number of hydrogen-bond donors (Lipinski definition) is 3. The molecule has 1 unspecified atom stereocenters. The van der Waals surface area contributed by atoms with E-state index in [1.54, 1.807) is 16.9 Å². The Labute approximate surface area is 216 Å². The smallest absolute Gasteiger partial charge is 0.270 e. The summed E-state index contributed by atoms with van der Waals surface area (Å²) in [6, 6.07) is 2.21. The molecule has 37 heavy (non-hydrogen) atoms. The average Bonchev–Trinajstić information content (AvgIpc) is 3.73. The first-order valence-electron chi connectivity index (χ1n) is 13.0. The van der Waals surface area contributed by atoms with Gasteiger partial charge >= 0.3 is 0 Å². The van der Waals surface area contributed by atoms with Crippen molar-refractivity contribution in [1.29, 1.82) is 0 Å². The van der Waals surface area contributed by atoms with Crippen molar-refractivity contribution in [2.45, 2.75) is 72.4 Å². The molecule has 3 aromatic rings. The second-order valence-electron chi connectivity index (χ2n) is 11.2. The number of anilines is 1. The van der Waals surface area contributed by atoms with Crippen LogP contribution in [0.5, 0.6) is 0 Å². The highest BCUT2D eigenvalue weighted by atomic mass is 19.1. The zero-order chi connectivity index (χ0) is 26.5. The fourth-order valence-electron chi connectivity index (χ4n) is 5.60. The van der Waals surface area contributed by atoms with Crippen molar-refractivity contribution in [2.75, 3.05) is 5.32 Å². The Balaban J connectivity index is 1.41. The van der Waals surface area contributed by atoms with Crippen molar-refractivity contribution in [3.8, 4) is 11.3 Å². The number of aromatic amines is 1. The van der Waals surface area contributed by atoms with E-state index in [2.05, 4.69) is 32.6 Å². The number of carbonyl (C=O) groups excluding carboxylic acids is 2. The first kappa shape index (κ1) is 25.2. The number of hydrogen-bond acceptors (Lipinski definition) is 4. The van der Waals surface area contributed by atoms with Crippen molar-refractivity contribution in [2.24, 2.45) is 17.3 Å². The zero-order valence-electron chi connectivity index (χ0n) is 22.1. The van der Waals surface area contributed by atoms with Crippen LogP contribution in [-0.4, -0.2) is 37.6 Å². The molecule has 2 aliphatic rings. The van der Waals surface area contributed by atoms with Crippen LogP contribution in [0.3, 0.4) is 0 Å². The van der Waals surface area contributed by atoms with E-state index in [9.17, 15) is 9.59 Å². The van der Waals surface area contributed by atoms with Crippen molar-refractivity contribution < 1.29 is 14.0 Å². The van der Waals surface area contributed by atoms with Gasteiger partial charge in [-0.3, -0.25) is 19.3 Å². The molecule has 8 nitrogen and oxygen atoms in total. The van der Waals surface area contributed by atoms with E-state index in [4.69, 9.17) is 0 Å². The molecule has 2 aliphatic carbocycles. The number of aromatic nitrogens is 4. The third-order valence-electron chi connectivity index (χ3n) is 7.91. The maximum absolute atomic E-state index is 15.1. The minimum Gasteiger partial charge on any atom is -0.364 e. The number of nitrogens with zero attached hydrogens (tertiary/aromatic N) is 3. The summed E-state index contributed by atoms with van der Waals surface area (Å²) in [5.41, 5.74) is 3.37. The zero-order valence-corrected chi connectivity index (χ0v) is 22.1. The molecule has 2 atom stereocenters. The summed E-state index contributed by atoms with van der Waals surface area (Å²) in [5, 5.41) is 10.1. The first-order valence-corrected chi connectivity index (χ1v) is 13.0. The number of aryl methyl sites for hydroxylation is 2. The van der Waals surface area contributed by atoms with Crippen LogP contribution in [0.25, 0.3) is 11.3 Å². The molecule has 0 bridgehead atoms. The molecule has 0 aromatic carbocycles. The molecule has 0 spiro atoms. The standard InChI is InChI=1S/C28H35FN6O2/c1-15(2)35-21(8-11-32-35)26(36)34-25(23(18-6-7-18)28(5)9-10-28)27(37)33-19-12-20(29)24(31-14-19)22-16(3)13-30-17(22)4/h8,11-15,18,23,25,30H,6-7,9-10H2,1-5H3,(H,33,37)(H,34,36)/t23?,25-/m0/s1. The second kappa shape index (κ2) is 9.43. The number of nitrogens with one attached hydrogen (secondary N) is 3. The lowest BCUT2D eigenvalue weighted by molar-refractivity contribution is -0.120. The van der Waals surface area contributed by atoms with Gasteiger partial charge in [-0.15, -0.1) is 0 Å². The molecule has 5 rings (SSSR count). The summed E-state index contributed by atoms with van der Waals surface area (Å²) in [5.74, 6) is -0.807. The van der Waals surface area contributed by atoms with Gasteiger partial charge in [0, 0.05) is 35.8 Å². The van der Waals surface area contributed by atoms with Crippen LogP contribution in [0.1, 0.15) is 74.2 Å². The summed E-state index contributed by atoms with van der Waals surface area (Å²) >= 11 is 0. The quantitative estimate of drug-likeness (QED) is 0.372. The molecule has 3 aromatic heterocycles. The number of pyridine rings is 1. The maximum Gasteiger partial charge on any atom is 0.270 e. The van der Waals surface area contributed by atoms with Crippen molar-refractivity contribution in [3.63, 3.8) is 0 Å². The molecule has 196 valence electrons. The highest BCUT2D eigenvalue weighted by Crippen LogP contribution is 2.60. The predicted molar refractivity (Wildman–Crippen MR) is 140 cm³/mol. The van der Waals surface area contributed by atoms with Gasteiger partial charge < -0.3 is 15.6 Å². The number of rotatable bonds is 9. The van der Waals surface area contributed by atoms with Gasteiger partial charge in [-0.2, -0.15) is 5.10 Å². The van der Waals surface area contributed by atoms with Crippen LogP contribution in [-0.2, 0) is 4.79 Å². The molecular weight excluding hydrogens is 471 g/mol. The van der Waals surface area contributed by atoms with E-state index in [1.807, 2.05) is 33.9 Å². The van der Waals surface area contributed by atoms with E-state index in [1.165, 1.54) is 12.3 Å². The van der Waals surface area contributed by atoms with E-state index in [0.717, 1.165) is 42.5 Å². The lowest BCUT2D eigenvalue weighted by Gasteiger charge is -2.32. The van der Waals surface area contributed by atoms with Crippen molar-refractivity contribution in [1.82, 2.24) is 25.1 Å². The molecule has 3 N–H and O–H groups in total. The fourth-order valence-corrected chi connectivity index (χ4v) is 5.60. The van der Waals surface area contributed by atoms with Gasteiger partial charge in [0.1, 0.15) is 17.4 Å². The Kier molecular flexibility index (Phi) is 6.41. The second-order valence-corrected chi connectivity index (χ2v) is 11.2. The fraction of sp³-hybridized carbons (Fsp3) is 0.500. The van der Waals surface area contributed by atoms with Gasteiger partial charge in [-0.05, 0) is 82.3 Å². The Morgan fingerprint density at radius 3 is 2.54 bits per heavy atom. The normalized spacial score (nSPS) is 17.9. The van der Waals surface area contributed by atoms with Crippen LogP contribution in [0, 0.1) is 36.9 Å². The van der Waals surface area contributed by atoms with Crippen molar-refractivity contribution >= 4 is 17.5 Å². The van der Waals surface area contributed by atoms with Crippen molar-refractivity contribution in [3.05, 3.63) is 53.5 Å². The Bertz CT molecular complexity index is 1310. The topological polar surface area (TPSA) is 105 Å². The van der Waals surface area contributed by atoms with E-state index in [-0.39, 0.29) is 40.6 Å². The molecule has 0 radical (unpaired) electrons. The highest BCUT2D eigenvalue weighted by molar-refractivity contribution is 6.01. The van der Waals surface area contributed by atoms with Crippen LogP contribution in [0.4, 0.5) is 10.1 Å². The number of halogens is 1. The summed E-state index contributed by atoms with van der Waals surface area (Å²) in [4.78, 5) is 34.5. The third kappa shape index (κ3) is 4.91. The van der Waals surface area contributed by atoms with Crippen LogP contribution < -0.4 is 10.6 Å². The van der Waals surface area contributed by atoms with Gasteiger partial charge in [0.2, 0.25) is 5.91 Å². The molecule has 2 saturated carbocycles. The minimum absolute atomic E-state index is 0.00284. The van der Waals surface area contributed by atoms with Crippen LogP contribution >= 0.6 is 0 Å². The van der Waals surface area contributed by atoms with E-state index in [0.29, 0.717) is 11.6 Å². The summed E-state index contributed by atoms with van der Waals surface area (Å²) < 4.78 is 16.8. The monoisotopic (exact) mass is 506 g/mol. The van der Waals surface area contributed by atoms with E-state index < -0.39 is 11.9 Å². The molecule has 0 saturated heterocycles. The third-order valence-corrected chi connectivity index (χ3v) is 7.91. The Morgan fingerprint density at radius 2 is 1.97 bits per heavy atom. The number of amides is 2. The number of H-pyrrole nitrogens is 1. The van der Waals surface area contributed by atoms with E-state index >= 15 is 4.39 Å². The summed E-state index contributed by atoms with van der Waals surface area (Å²) in [6.07, 6.45) is 9.02. The van der Waals surface area contributed by atoms with Crippen LogP contribution in [0.2, 0.25) is 0 Å². The lowest BCUT2D eigenvalue weighted by atomic mass is 9.80. The SMILES string of the molecule is Cc1c[nH]c(C)c1-c1ncc(NC(=O)[C@@H](NC(=O)c2ccnn2C(C)C)C(C2CC2)C2(C)CC2)cc1F. The first-order chi connectivity index (χ1) is 17.6. The van der Waals surface area contributed by atoms with Gasteiger partial charge in [-0.1, -0.05) is 6.92 Å². The van der Waals surface area contributed by atoms with Crippen LogP contribution in [0.15, 0.2) is 30.7 Å². The van der Waals surface area contributed by atoms with Gasteiger partial charge in [0.05, 0.1) is 11.9 Å². The molecule has 3 heterocycles. The predicted octanol–water partition coefficient (Wildman–Crippen LogP) is 5.17. The summed E-state index contributed by atoms with van der Waals surface area (Å²) in [7, 11) is 0. The van der Waals surface area contributed by atoms with Gasteiger partial charge in [0.15, 0.2) is 5.82 Å². The minimum atomic E-state index is -0.750. The Hall–Kier alpha value is -3.49.